The highest BCUT2D eigenvalue weighted by atomic mass is 16.3. The molecule has 5 nitrogen and oxygen atoms in total. The summed E-state index contributed by atoms with van der Waals surface area (Å²) >= 11 is 0. The Kier molecular flexibility index (Phi) is 6.38. The number of nitrogens with zero attached hydrogens (tertiary/aromatic N) is 3. The zero-order valence-corrected chi connectivity index (χ0v) is 26.9. The Morgan fingerprint density at radius 3 is 1.96 bits per heavy atom. The monoisotopic (exact) mass is 641 g/mol. The third-order valence-corrected chi connectivity index (χ3v) is 9.53. The molecule has 0 saturated heterocycles. The van der Waals surface area contributed by atoms with Crippen LogP contribution in [-0.4, -0.2) is 22.1 Å². The Hall–Kier alpha value is -6.94. The van der Waals surface area contributed by atoms with Crippen molar-refractivity contribution < 1.29 is 4.42 Å². The van der Waals surface area contributed by atoms with Crippen LogP contribution in [0.3, 0.4) is 0 Å². The molecule has 5 heteroatoms. The molecule has 0 atom stereocenters. The first-order valence-corrected chi connectivity index (χ1v) is 16.8. The molecule has 3 heterocycles. The lowest BCUT2D eigenvalue weighted by Crippen LogP contribution is -2.38. The maximum atomic E-state index is 6.74. The molecular weight excluding hydrogens is 613 g/mol. The number of amidine groups is 3. The summed E-state index contributed by atoms with van der Waals surface area (Å²) in [4.78, 5) is 4.98. The number of fused-ring (bicyclic) bond motifs is 6. The Morgan fingerprint density at radius 1 is 0.520 bits per heavy atom. The van der Waals surface area contributed by atoms with Crippen molar-refractivity contribution >= 4 is 61.3 Å². The minimum absolute atomic E-state index is 0.656. The Balaban J connectivity index is 1.20. The summed E-state index contributed by atoms with van der Waals surface area (Å²) in [6, 6.07) is 58.8. The molecule has 50 heavy (non-hydrogen) atoms. The Labute approximate surface area is 287 Å². The van der Waals surface area contributed by atoms with E-state index in [0.29, 0.717) is 5.84 Å². The molecular formula is C45H29N4O+. The molecule has 0 bridgehead atoms. The zero-order chi connectivity index (χ0) is 33.0. The average Bonchev–Trinajstić information content (AvgIpc) is 3.75. The van der Waals surface area contributed by atoms with Crippen LogP contribution in [0, 0.1) is 0 Å². The molecule has 0 fully saturated rings. The van der Waals surface area contributed by atoms with Gasteiger partial charge in [0.25, 0.3) is 5.84 Å². The first kappa shape index (κ1) is 28.1. The third kappa shape index (κ3) is 4.50. The molecule has 0 amide bonds. The number of aliphatic imine (C=N–C) groups is 1. The molecule has 0 spiro atoms. The van der Waals surface area contributed by atoms with Crippen LogP contribution in [0.2, 0.25) is 0 Å². The van der Waals surface area contributed by atoms with E-state index >= 15 is 0 Å². The van der Waals surface area contributed by atoms with Crippen LogP contribution in [0.25, 0.3) is 60.6 Å². The normalized spacial score (nSPS) is 13.0. The van der Waals surface area contributed by atoms with Crippen molar-refractivity contribution in [1.82, 2.24) is 14.6 Å². The number of hydrogen-bond donors (Lipinski definition) is 1. The quantitative estimate of drug-likeness (QED) is 0.190. The van der Waals surface area contributed by atoms with Gasteiger partial charge in [-0.15, -0.1) is 0 Å². The summed E-state index contributed by atoms with van der Waals surface area (Å²) in [6.45, 7) is 0. The lowest BCUT2D eigenvalue weighted by Gasteiger charge is -2.11. The van der Waals surface area contributed by atoms with Gasteiger partial charge in [-0.05, 0) is 78.4 Å². The molecule has 9 aromatic rings. The van der Waals surface area contributed by atoms with Crippen molar-refractivity contribution in [2.45, 2.75) is 0 Å². The first-order valence-electron chi connectivity index (χ1n) is 16.8. The van der Waals surface area contributed by atoms with Gasteiger partial charge in [-0.1, -0.05) is 102 Å². The molecule has 10 rings (SSSR count). The number of benzene rings is 7. The predicted octanol–water partition coefficient (Wildman–Crippen LogP) is 9.66. The molecule has 1 aliphatic rings. The molecule has 1 aliphatic heterocycles. The van der Waals surface area contributed by atoms with E-state index in [1.54, 1.807) is 0 Å². The molecule has 0 unspecified atom stereocenters. The molecule has 7 aromatic carbocycles. The third-order valence-electron chi connectivity index (χ3n) is 9.53. The van der Waals surface area contributed by atoms with Crippen molar-refractivity contribution in [2.75, 3.05) is 0 Å². The van der Waals surface area contributed by atoms with Gasteiger partial charge in [-0.3, -0.25) is 0 Å². The highest BCUT2D eigenvalue weighted by molar-refractivity contribution is 6.28. The molecule has 1 N–H and O–H groups in total. The van der Waals surface area contributed by atoms with E-state index < -0.39 is 0 Å². The van der Waals surface area contributed by atoms with E-state index in [-0.39, 0.29) is 0 Å². The van der Waals surface area contributed by atoms with E-state index in [1.807, 2.05) is 60.7 Å². The highest BCUT2D eigenvalue weighted by Crippen LogP contribution is 2.40. The van der Waals surface area contributed by atoms with Gasteiger partial charge in [0.05, 0.1) is 27.7 Å². The van der Waals surface area contributed by atoms with Gasteiger partial charge < -0.3 is 8.98 Å². The topological polar surface area (TPSA) is 56.6 Å². The summed E-state index contributed by atoms with van der Waals surface area (Å²) in [7, 11) is 0. The number of furan rings is 1. The molecule has 2 aromatic heterocycles. The van der Waals surface area contributed by atoms with Crippen molar-refractivity contribution in [3.63, 3.8) is 0 Å². The first-order chi connectivity index (χ1) is 24.8. The van der Waals surface area contributed by atoms with Crippen LogP contribution in [0.5, 0.6) is 0 Å². The zero-order valence-electron chi connectivity index (χ0n) is 26.9. The van der Waals surface area contributed by atoms with Crippen LogP contribution in [0.15, 0.2) is 179 Å². The number of rotatable bonds is 5. The fourth-order valence-electron chi connectivity index (χ4n) is 7.23. The van der Waals surface area contributed by atoms with Crippen LogP contribution in [0.4, 0.5) is 0 Å². The van der Waals surface area contributed by atoms with Gasteiger partial charge >= 0.3 is 11.7 Å². The fraction of sp³-hybridized carbons (Fsp3) is 0. The van der Waals surface area contributed by atoms with Gasteiger partial charge in [0.15, 0.2) is 0 Å². The molecule has 0 radical (unpaired) electrons. The summed E-state index contributed by atoms with van der Waals surface area (Å²) in [6.07, 6.45) is 0. The van der Waals surface area contributed by atoms with Gasteiger partial charge in [0, 0.05) is 32.8 Å². The lowest BCUT2D eigenvalue weighted by atomic mass is 9.96. The van der Waals surface area contributed by atoms with Crippen molar-refractivity contribution in [1.29, 1.82) is 0 Å². The van der Waals surface area contributed by atoms with Crippen molar-refractivity contribution in [2.24, 2.45) is 4.99 Å². The predicted molar refractivity (Wildman–Crippen MR) is 206 cm³/mol. The van der Waals surface area contributed by atoms with Gasteiger partial charge in [-0.25, -0.2) is 9.98 Å². The molecule has 234 valence electrons. The fourth-order valence-corrected chi connectivity index (χ4v) is 7.23. The maximum Gasteiger partial charge on any atom is 0.360 e. The summed E-state index contributed by atoms with van der Waals surface area (Å²) in [5.41, 5.74) is 10.1. The van der Waals surface area contributed by atoms with Gasteiger partial charge in [0.2, 0.25) is 0 Å². The average molecular weight is 642 g/mol. The second-order valence-electron chi connectivity index (χ2n) is 12.5. The second kappa shape index (κ2) is 11.3. The maximum absolute atomic E-state index is 6.74. The Morgan fingerprint density at radius 2 is 1.16 bits per heavy atom. The second-order valence-corrected chi connectivity index (χ2v) is 12.5. The standard InChI is InChI=1S/C45H28N4O/c1-4-14-29(15-5-1)43-46-44(30-16-6-2-7-17-30)48-45(47-43)36-26-25-33(42-41(36)35-21-11-13-23-40(35)50-42)31-24-27-39-37(28-31)34-20-10-12-22-38(34)49(39)32-18-8-3-9-19-32/h1-28H/p+1. The van der Waals surface area contributed by atoms with Crippen molar-refractivity contribution in [3.8, 4) is 16.8 Å². The number of para-hydroxylation sites is 3. The molecule has 0 saturated carbocycles. The smallest absolute Gasteiger partial charge is 0.360 e. The minimum atomic E-state index is 0.656. The van der Waals surface area contributed by atoms with Crippen LogP contribution < -0.4 is 9.98 Å². The number of aromatic nitrogens is 1. The molecule has 0 aliphatic carbocycles. The van der Waals surface area contributed by atoms with Crippen LogP contribution in [0.1, 0.15) is 16.7 Å². The SMILES string of the molecule is c1ccc(C2=NC(c3ccccc3)=[N+]=C(c3ccc(-c4ccc5c(c4)c4ccccc4n5-c4ccccc4)c4oc5ccccc5c34)N2)cc1. The minimum Gasteiger partial charge on any atom is -0.455 e. The van der Waals surface area contributed by atoms with E-state index in [1.165, 1.54) is 16.3 Å². The van der Waals surface area contributed by atoms with Gasteiger partial charge in [-0.2, -0.15) is 0 Å². The highest BCUT2D eigenvalue weighted by Gasteiger charge is 2.29. The van der Waals surface area contributed by atoms with Crippen LogP contribution in [-0.2, 0) is 0 Å². The number of hydrogen-bond acceptors (Lipinski definition) is 3. The summed E-state index contributed by atoms with van der Waals surface area (Å²) in [5, 5.41) is 8.04. The van der Waals surface area contributed by atoms with Gasteiger partial charge in [0.1, 0.15) is 11.2 Å². The largest absolute Gasteiger partial charge is 0.455 e. The number of nitrogens with one attached hydrogen (secondary N) is 1. The lowest BCUT2D eigenvalue weighted by molar-refractivity contribution is 0.670. The summed E-state index contributed by atoms with van der Waals surface area (Å²) in [5.74, 6) is 2.13. The Bertz CT molecular complexity index is 2860. The van der Waals surface area contributed by atoms with E-state index in [4.69, 9.17) is 14.1 Å². The van der Waals surface area contributed by atoms with Crippen LogP contribution >= 0.6 is 0 Å². The van der Waals surface area contributed by atoms with E-state index in [2.05, 4.69) is 119 Å². The van der Waals surface area contributed by atoms with Crippen molar-refractivity contribution in [3.05, 3.63) is 187 Å². The van der Waals surface area contributed by atoms with E-state index in [9.17, 15) is 0 Å². The van der Waals surface area contributed by atoms with E-state index in [0.717, 1.165) is 72.6 Å². The summed E-state index contributed by atoms with van der Waals surface area (Å²) < 4.78 is 14.2.